The van der Waals surface area contributed by atoms with Crippen LogP contribution in [0.3, 0.4) is 0 Å². The van der Waals surface area contributed by atoms with E-state index in [-0.39, 0.29) is 18.0 Å². The monoisotopic (exact) mass is 413 g/mol. The van der Waals surface area contributed by atoms with Gasteiger partial charge in [0.2, 0.25) is 5.91 Å². The third-order valence-corrected chi connectivity index (χ3v) is 5.42. The molecule has 1 aliphatic rings. The summed E-state index contributed by atoms with van der Waals surface area (Å²) in [5.74, 6) is 0.849. The zero-order valence-corrected chi connectivity index (χ0v) is 17.0. The van der Waals surface area contributed by atoms with E-state index in [4.69, 9.17) is 11.6 Å². The Bertz CT molecular complexity index is 992. The number of carbonyl (C=O) groups excluding carboxylic acids is 1. The maximum absolute atomic E-state index is 12.9. The van der Waals surface area contributed by atoms with Gasteiger partial charge in [0.15, 0.2) is 5.65 Å². The van der Waals surface area contributed by atoms with Gasteiger partial charge in [-0.3, -0.25) is 9.89 Å². The normalized spacial score (nSPS) is 17.9. The summed E-state index contributed by atoms with van der Waals surface area (Å²) in [7, 11) is 0. The van der Waals surface area contributed by atoms with E-state index in [0.29, 0.717) is 18.0 Å². The number of piperidine rings is 1. The van der Waals surface area contributed by atoms with Crippen molar-refractivity contribution in [2.24, 2.45) is 0 Å². The minimum Gasteiger partial charge on any atom is -0.374 e. The molecule has 0 aliphatic carbocycles. The minimum atomic E-state index is -0.316. The van der Waals surface area contributed by atoms with Crippen molar-refractivity contribution >= 4 is 40.0 Å². The third kappa shape index (κ3) is 4.42. The fourth-order valence-electron chi connectivity index (χ4n) is 3.73. The summed E-state index contributed by atoms with van der Waals surface area (Å²) in [6.07, 6.45) is 5.88. The highest BCUT2D eigenvalue weighted by molar-refractivity contribution is 6.30. The Morgan fingerprint density at radius 1 is 1.41 bits per heavy atom. The molecule has 1 saturated heterocycles. The Morgan fingerprint density at radius 3 is 3.14 bits per heavy atom. The van der Waals surface area contributed by atoms with Crippen molar-refractivity contribution in [1.82, 2.24) is 25.5 Å². The Labute approximate surface area is 174 Å². The van der Waals surface area contributed by atoms with Gasteiger partial charge in [0.05, 0.1) is 11.6 Å². The van der Waals surface area contributed by atoms with Crippen LogP contribution in [0, 0.1) is 0 Å². The van der Waals surface area contributed by atoms with E-state index in [2.05, 4.69) is 35.7 Å². The number of amides is 1. The summed E-state index contributed by atoms with van der Waals surface area (Å²) in [6.45, 7) is 3.59. The molecule has 0 bridgehead atoms. The van der Waals surface area contributed by atoms with E-state index in [9.17, 15) is 4.79 Å². The van der Waals surface area contributed by atoms with E-state index >= 15 is 0 Å². The number of rotatable bonds is 6. The molecule has 1 fully saturated rings. The Kier molecular flexibility index (Phi) is 5.80. The maximum atomic E-state index is 12.9. The standard InChI is InChI=1S/C20H24ClN7O/c1-2-17(25-14-6-3-5-13(21)9-14)20(29)26-15-7-4-8-28(11-15)19-16-10-24-27-18(16)22-12-23-19/h3,5-6,9-10,12,15,17,25H,2,4,7-8,11H2,1H3,(H,26,29)(H,22,23,24,27)/t15-,17-/m1/s1. The van der Waals surface area contributed by atoms with Gasteiger partial charge in [0.25, 0.3) is 0 Å². The molecule has 8 nitrogen and oxygen atoms in total. The molecule has 152 valence electrons. The van der Waals surface area contributed by atoms with E-state index in [1.165, 1.54) is 0 Å². The van der Waals surface area contributed by atoms with Gasteiger partial charge < -0.3 is 15.5 Å². The molecule has 29 heavy (non-hydrogen) atoms. The molecular formula is C20H24ClN7O. The summed E-state index contributed by atoms with van der Waals surface area (Å²) in [6, 6.07) is 7.16. The summed E-state index contributed by atoms with van der Waals surface area (Å²) in [5.41, 5.74) is 1.56. The second-order valence-corrected chi connectivity index (χ2v) is 7.68. The van der Waals surface area contributed by atoms with Crippen molar-refractivity contribution in [3.05, 3.63) is 41.8 Å². The first kappa shape index (κ1) is 19.4. The van der Waals surface area contributed by atoms with Crippen LogP contribution in [-0.2, 0) is 4.79 Å². The number of benzene rings is 1. The molecule has 3 N–H and O–H groups in total. The molecular weight excluding hydrogens is 390 g/mol. The highest BCUT2D eigenvalue weighted by atomic mass is 35.5. The lowest BCUT2D eigenvalue weighted by Gasteiger charge is -2.34. The summed E-state index contributed by atoms with van der Waals surface area (Å²) >= 11 is 6.05. The topological polar surface area (TPSA) is 98.8 Å². The highest BCUT2D eigenvalue weighted by Crippen LogP contribution is 2.24. The van der Waals surface area contributed by atoms with Gasteiger partial charge in [-0.1, -0.05) is 24.6 Å². The smallest absolute Gasteiger partial charge is 0.242 e. The molecule has 1 aromatic carbocycles. The van der Waals surface area contributed by atoms with Gasteiger partial charge in [-0.15, -0.1) is 0 Å². The number of nitrogens with one attached hydrogen (secondary N) is 3. The van der Waals surface area contributed by atoms with Gasteiger partial charge in [-0.05, 0) is 37.5 Å². The second kappa shape index (κ2) is 8.65. The number of H-pyrrole nitrogens is 1. The first-order chi connectivity index (χ1) is 14.1. The van der Waals surface area contributed by atoms with Gasteiger partial charge >= 0.3 is 0 Å². The van der Waals surface area contributed by atoms with Gasteiger partial charge in [-0.25, -0.2) is 9.97 Å². The number of fused-ring (bicyclic) bond motifs is 1. The minimum absolute atomic E-state index is 0.00419. The molecule has 1 amide bonds. The number of halogens is 1. The van der Waals surface area contributed by atoms with Crippen LogP contribution in [0.2, 0.25) is 5.02 Å². The van der Waals surface area contributed by atoms with Crippen LogP contribution in [-0.4, -0.2) is 51.2 Å². The fraction of sp³-hybridized carbons (Fsp3) is 0.400. The van der Waals surface area contributed by atoms with Crippen molar-refractivity contribution in [2.45, 2.75) is 38.3 Å². The fourth-order valence-corrected chi connectivity index (χ4v) is 3.92. The van der Waals surface area contributed by atoms with Crippen molar-refractivity contribution in [2.75, 3.05) is 23.3 Å². The number of nitrogens with zero attached hydrogens (tertiary/aromatic N) is 4. The first-order valence-corrected chi connectivity index (χ1v) is 10.2. The summed E-state index contributed by atoms with van der Waals surface area (Å²) in [5, 5.41) is 15.0. The quantitative estimate of drug-likeness (QED) is 0.574. The molecule has 0 unspecified atom stereocenters. The largest absolute Gasteiger partial charge is 0.374 e. The average Bonchev–Trinajstić information content (AvgIpc) is 3.21. The second-order valence-electron chi connectivity index (χ2n) is 7.24. The number of aromatic nitrogens is 4. The van der Waals surface area contributed by atoms with E-state index in [1.54, 1.807) is 12.5 Å². The highest BCUT2D eigenvalue weighted by Gasteiger charge is 2.26. The molecule has 3 heterocycles. The molecule has 0 radical (unpaired) electrons. The Hall–Kier alpha value is -2.87. The molecule has 1 aliphatic heterocycles. The average molecular weight is 414 g/mol. The molecule has 9 heteroatoms. The molecule has 0 saturated carbocycles. The Morgan fingerprint density at radius 2 is 2.31 bits per heavy atom. The van der Waals surface area contributed by atoms with Crippen LogP contribution in [0.5, 0.6) is 0 Å². The lowest BCUT2D eigenvalue weighted by Crippen LogP contribution is -2.51. The summed E-state index contributed by atoms with van der Waals surface area (Å²) < 4.78 is 0. The third-order valence-electron chi connectivity index (χ3n) is 5.18. The molecule has 0 spiro atoms. The Balaban J connectivity index is 1.41. The van der Waals surface area contributed by atoms with E-state index in [0.717, 1.165) is 41.9 Å². The van der Waals surface area contributed by atoms with Crippen molar-refractivity contribution in [3.8, 4) is 0 Å². The van der Waals surface area contributed by atoms with Crippen LogP contribution < -0.4 is 15.5 Å². The van der Waals surface area contributed by atoms with Crippen molar-refractivity contribution in [3.63, 3.8) is 0 Å². The predicted molar refractivity (Wildman–Crippen MR) is 114 cm³/mol. The number of anilines is 2. The lowest BCUT2D eigenvalue weighted by molar-refractivity contribution is -0.122. The zero-order chi connectivity index (χ0) is 20.2. The first-order valence-electron chi connectivity index (χ1n) is 9.85. The maximum Gasteiger partial charge on any atom is 0.242 e. The SMILES string of the molecule is CC[C@@H](Nc1cccc(Cl)c1)C(=O)N[C@@H]1CCCN(c2ncnc3[nH]ncc23)C1. The number of aromatic amines is 1. The van der Waals surface area contributed by atoms with Gasteiger partial charge in [0.1, 0.15) is 18.2 Å². The molecule has 2 atom stereocenters. The van der Waals surface area contributed by atoms with Crippen molar-refractivity contribution < 1.29 is 4.79 Å². The molecule has 3 aromatic rings. The molecule has 2 aromatic heterocycles. The van der Waals surface area contributed by atoms with E-state index < -0.39 is 0 Å². The summed E-state index contributed by atoms with van der Waals surface area (Å²) in [4.78, 5) is 23.7. The number of hydrogen-bond acceptors (Lipinski definition) is 6. The molecule has 4 rings (SSSR count). The van der Waals surface area contributed by atoms with E-state index in [1.807, 2.05) is 31.2 Å². The lowest BCUT2D eigenvalue weighted by atomic mass is 10.0. The number of hydrogen-bond donors (Lipinski definition) is 3. The van der Waals surface area contributed by atoms with Gasteiger partial charge in [-0.2, -0.15) is 5.10 Å². The van der Waals surface area contributed by atoms with Gasteiger partial charge in [0, 0.05) is 29.8 Å². The predicted octanol–water partition coefficient (Wildman–Crippen LogP) is 2.98. The van der Waals surface area contributed by atoms with Crippen LogP contribution in [0.25, 0.3) is 11.0 Å². The van der Waals surface area contributed by atoms with Crippen LogP contribution in [0.15, 0.2) is 36.8 Å². The van der Waals surface area contributed by atoms with Crippen LogP contribution in [0.4, 0.5) is 11.5 Å². The van der Waals surface area contributed by atoms with Crippen LogP contribution >= 0.6 is 11.6 Å². The van der Waals surface area contributed by atoms with Crippen LogP contribution in [0.1, 0.15) is 26.2 Å². The number of carbonyl (C=O) groups is 1. The van der Waals surface area contributed by atoms with Crippen molar-refractivity contribution in [1.29, 1.82) is 0 Å². The zero-order valence-electron chi connectivity index (χ0n) is 16.2.